The maximum atomic E-state index is 11.9. The molecule has 1 amide bonds. The van der Waals surface area contributed by atoms with Crippen LogP contribution < -0.4 is 5.32 Å². The molecule has 0 aliphatic heterocycles. The molecular formula is C12H16N2O5. The number of carbonyl (C=O) groups excluding carboxylic acids is 1. The molecule has 0 fully saturated rings. The van der Waals surface area contributed by atoms with Crippen LogP contribution in [-0.4, -0.2) is 37.9 Å². The van der Waals surface area contributed by atoms with Crippen molar-refractivity contribution >= 4 is 11.6 Å². The Morgan fingerprint density at radius 3 is 2.53 bits per heavy atom. The average molecular weight is 268 g/mol. The fourth-order valence-electron chi connectivity index (χ4n) is 1.54. The van der Waals surface area contributed by atoms with Gasteiger partial charge in [-0.25, -0.2) is 0 Å². The molecule has 0 aromatic heterocycles. The minimum Gasteiger partial charge on any atom is -0.354 e. The van der Waals surface area contributed by atoms with Crippen molar-refractivity contribution in [3.8, 4) is 0 Å². The lowest BCUT2D eigenvalue weighted by molar-refractivity contribution is -0.384. The third-order valence-electron chi connectivity index (χ3n) is 2.49. The SMILES string of the molecule is COC(CNC(=O)c1cc(C)cc([N+](=O)[O-])c1)OC. The summed E-state index contributed by atoms with van der Waals surface area (Å²) in [6, 6.07) is 4.22. The van der Waals surface area contributed by atoms with Crippen molar-refractivity contribution in [2.24, 2.45) is 0 Å². The van der Waals surface area contributed by atoms with E-state index in [9.17, 15) is 14.9 Å². The van der Waals surface area contributed by atoms with Gasteiger partial charge in [0.15, 0.2) is 6.29 Å². The van der Waals surface area contributed by atoms with Crippen molar-refractivity contribution in [2.75, 3.05) is 20.8 Å². The van der Waals surface area contributed by atoms with E-state index in [1.807, 2.05) is 0 Å². The number of methoxy groups -OCH3 is 2. The smallest absolute Gasteiger partial charge is 0.270 e. The molecule has 0 unspecified atom stereocenters. The van der Waals surface area contributed by atoms with E-state index in [-0.39, 0.29) is 17.8 Å². The predicted molar refractivity (Wildman–Crippen MR) is 68.0 cm³/mol. The second kappa shape index (κ2) is 6.81. The van der Waals surface area contributed by atoms with Gasteiger partial charge in [-0.3, -0.25) is 14.9 Å². The molecule has 1 N–H and O–H groups in total. The number of benzene rings is 1. The molecule has 104 valence electrons. The summed E-state index contributed by atoms with van der Waals surface area (Å²) < 4.78 is 9.85. The van der Waals surface area contributed by atoms with Crippen LogP contribution in [0.4, 0.5) is 5.69 Å². The van der Waals surface area contributed by atoms with Crippen LogP contribution in [0.3, 0.4) is 0 Å². The molecule has 0 atom stereocenters. The maximum absolute atomic E-state index is 11.9. The van der Waals surface area contributed by atoms with Gasteiger partial charge in [-0.1, -0.05) is 0 Å². The summed E-state index contributed by atoms with van der Waals surface area (Å²) in [5, 5.41) is 13.3. The Morgan fingerprint density at radius 2 is 2.00 bits per heavy atom. The van der Waals surface area contributed by atoms with Crippen molar-refractivity contribution in [3.05, 3.63) is 39.4 Å². The number of aryl methyl sites for hydroxylation is 1. The minimum absolute atomic E-state index is 0.111. The molecule has 7 heteroatoms. The summed E-state index contributed by atoms with van der Waals surface area (Å²) in [6.45, 7) is 1.85. The Labute approximate surface area is 110 Å². The van der Waals surface area contributed by atoms with E-state index in [1.54, 1.807) is 13.0 Å². The van der Waals surface area contributed by atoms with Crippen LogP contribution in [0.5, 0.6) is 0 Å². The Balaban J connectivity index is 2.79. The Morgan fingerprint density at radius 1 is 1.37 bits per heavy atom. The van der Waals surface area contributed by atoms with E-state index in [4.69, 9.17) is 9.47 Å². The summed E-state index contributed by atoms with van der Waals surface area (Å²) in [6.07, 6.45) is -0.552. The number of hydrogen-bond donors (Lipinski definition) is 1. The molecule has 0 aliphatic rings. The first-order chi connectivity index (χ1) is 8.97. The second-order valence-electron chi connectivity index (χ2n) is 3.93. The number of ether oxygens (including phenoxy) is 2. The molecule has 1 aromatic rings. The minimum atomic E-state index is -0.552. The third-order valence-corrected chi connectivity index (χ3v) is 2.49. The van der Waals surface area contributed by atoms with Gasteiger partial charge in [0, 0.05) is 31.9 Å². The number of hydrogen-bond acceptors (Lipinski definition) is 5. The third kappa shape index (κ3) is 4.31. The monoisotopic (exact) mass is 268 g/mol. The summed E-state index contributed by atoms with van der Waals surface area (Å²) in [4.78, 5) is 22.1. The van der Waals surface area contributed by atoms with E-state index in [0.717, 1.165) is 0 Å². The molecule has 0 aliphatic carbocycles. The van der Waals surface area contributed by atoms with Gasteiger partial charge in [0.2, 0.25) is 0 Å². The highest BCUT2D eigenvalue weighted by molar-refractivity contribution is 5.95. The molecule has 0 spiro atoms. The van der Waals surface area contributed by atoms with Gasteiger partial charge in [0.05, 0.1) is 11.5 Å². The lowest BCUT2D eigenvalue weighted by atomic mass is 10.1. The van der Waals surface area contributed by atoms with Crippen LogP contribution in [0.2, 0.25) is 0 Å². The number of rotatable bonds is 6. The zero-order valence-corrected chi connectivity index (χ0v) is 11.0. The van der Waals surface area contributed by atoms with Gasteiger partial charge >= 0.3 is 0 Å². The first-order valence-corrected chi connectivity index (χ1v) is 5.57. The van der Waals surface area contributed by atoms with Crippen LogP contribution in [-0.2, 0) is 9.47 Å². The fourth-order valence-corrected chi connectivity index (χ4v) is 1.54. The van der Waals surface area contributed by atoms with Crippen LogP contribution in [0.15, 0.2) is 18.2 Å². The van der Waals surface area contributed by atoms with Crippen LogP contribution in [0.25, 0.3) is 0 Å². The van der Waals surface area contributed by atoms with E-state index in [2.05, 4.69) is 5.32 Å². The van der Waals surface area contributed by atoms with Gasteiger partial charge in [0.25, 0.3) is 11.6 Å². The van der Waals surface area contributed by atoms with Crippen molar-refractivity contribution in [1.82, 2.24) is 5.32 Å². The molecule has 1 rings (SSSR count). The number of amides is 1. The number of carbonyl (C=O) groups is 1. The zero-order chi connectivity index (χ0) is 14.4. The molecule has 7 nitrogen and oxygen atoms in total. The summed E-state index contributed by atoms with van der Waals surface area (Å²) in [7, 11) is 2.91. The maximum Gasteiger partial charge on any atom is 0.270 e. The fraction of sp³-hybridized carbons (Fsp3) is 0.417. The van der Waals surface area contributed by atoms with E-state index >= 15 is 0 Å². The lowest BCUT2D eigenvalue weighted by Crippen LogP contribution is -2.34. The molecule has 0 bridgehead atoms. The van der Waals surface area contributed by atoms with Crippen LogP contribution in [0.1, 0.15) is 15.9 Å². The van der Waals surface area contributed by atoms with Crippen molar-refractivity contribution in [3.63, 3.8) is 0 Å². The van der Waals surface area contributed by atoms with Crippen molar-refractivity contribution in [2.45, 2.75) is 13.2 Å². The van der Waals surface area contributed by atoms with E-state index in [0.29, 0.717) is 5.56 Å². The summed E-state index contributed by atoms with van der Waals surface area (Å²) in [5.41, 5.74) is 0.771. The molecule has 0 saturated heterocycles. The van der Waals surface area contributed by atoms with Gasteiger partial charge < -0.3 is 14.8 Å². The summed E-state index contributed by atoms with van der Waals surface area (Å²) >= 11 is 0. The standard InChI is InChI=1S/C12H16N2O5/c1-8-4-9(6-10(5-8)14(16)17)12(15)13-7-11(18-2)19-3/h4-6,11H,7H2,1-3H3,(H,13,15). The van der Waals surface area contributed by atoms with Crippen molar-refractivity contribution < 1.29 is 19.2 Å². The van der Waals surface area contributed by atoms with E-state index in [1.165, 1.54) is 26.4 Å². The molecular weight excluding hydrogens is 252 g/mol. The molecule has 0 radical (unpaired) electrons. The quantitative estimate of drug-likeness (QED) is 0.476. The highest BCUT2D eigenvalue weighted by atomic mass is 16.7. The average Bonchev–Trinajstić information content (AvgIpc) is 2.38. The lowest BCUT2D eigenvalue weighted by Gasteiger charge is -2.14. The normalized spacial score (nSPS) is 10.5. The van der Waals surface area contributed by atoms with Gasteiger partial charge in [-0.05, 0) is 18.6 Å². The zero-order valence-electron chi connectivity index (χ0n) is 11.0. The van der Waals surface area contributed by atoms with Crippen LogP contribution >= 0.6 is 0 Å². The Bertz CT molecular complexity index is 471. The van der Waals surface area contributed by atoms with Crippen molar-refractivity contribution in [1.29, 1.82) is 0 Å². The molecule has 0 saturated carbocycles. The highest BCUT2D eigenvalue weighted by Crippen LogP contribution is 2.16. The molecule has 1 aromatic carbocycles. The van der Waals surface area contributed by atoms with Gasteiger partial charge in [0.1, 0.15) is 0 Å². The summed E-state index contributed by atoms with van der Waals surface area (Å²) in [5.74, 6) is -0.411. The highest BCUT2D eigenvalue weighted by Gasteiger charge is 2.14. The number of nitro groups is 1. The molecule has 19 heavy (non-hydrogen) atoms. The first-order valence-electron chi connectivity index (χ1n) is 5.57. The number of nitrogens with zero attached hydrogens (tertiary/aromatic N) is 1. The largest absolute Gasteiger partial charge is 0.354 e. The van der Waals surface area contributed by atoms with Crippen LogP contribution in [0, 0.1) is 17.0 Å². The number of nitrogens with one attached hydrogen (secondary N) is 1. The first kappa shape index (κ1) is 15.1. The van der Waals surface area contributed by atoms with E-state index < -0.39 is 17.1 Å². The Kier molecular flexibility index (Phi) is 5.40. The topological polar surface area (TPSA) is 90.7 Å². The second-order valence-corrected chi connectivity index (χ2v) is 3.93. The number of nitro benzene ring substituents is 1. The van der Waals surface area contributed by atoms with Gasteiger partial charge in [-0.2, -0.15) is 0 Å². The molecule has 0 heterocycles. The number of non-ortho nitro benzene ring substituents is 1. The van der Waals surface area contributed by atoms with Gasteiger partial charge in [-0.15, -0.1) is 0 Å². The predicted octanol–water partition coefficient (Wildman–Crippen LogP) is 1.25. The Hall–Kier alpha value is -1.99.